The zero-order valence-corrected chi connectivity index (χ0v) is 8.45. The minimum atomic E-state index is -0.876. The molecule has 0 radical (unpaired) electrons. The smallest absolute Gasteiger partial charge is 0.196 e. The summed E-state index contributed by atoms with van der Waals surface area (Å²) in [6, 6.07) is 0. The summed E-state index contributed by atoms with van der Waals surface area (Å²) in [5.41, 5.74) is 0. The van der Waals surface area contributed by atoms with Crippen LogP contribution in [-0.2, 0) is 14.2 Å². The van der Waals surface area contributed by atoms with E-state index in [1.54, 1.807) is 21.3 Å². The van der Waals surface area contributed by atoms with Crippen molar-refractivity contribution in [3.8, 4) is 0 Å². The fourth-order valence-electron chi connectivity index (χ4n) is 1.91. The Hall–Kier alpha value is -0.160. The molecular weight excluding hydrogens is 172 g/mol. The summed E-state index contributed by atoms with van der Waals surface area (Å²) in [5, 5.41) is 9.90. The van der Waals surface area contributed by atoms with Gasteiger partial charge in [0.2, 0.25) is 0 Å². The highest BCUT2D eigenvalue weighted by Crippen LogP contribution is 2.33. The van der Waals surface area contributed by atoms with E-state index in [2.05, 4.69) is 0 Å². The second-order valence-electron chi connectivity index (χ2n) is 3.33. The van der Waals surface area contributed by atoms with E-state index in [0.717, 1.165) is 12.8 Å². The molecule has 0 heterocycles. The molecule has 0 aliphatic heterocycles. The summed E-state index contributed by atoms with van der Waals surface area (Å²) in [5.74, 6) is -0.876. The monoisotopic (exact) mass is 190 g/mol. The Labute approximate surface area is 78.8 Å². The van der Waals surface area contributed by atoms with Gasteiger partial charge in [-0.05, 0) is 12.8 Å². The molecule has 0 aromatic heterocycles. The van der Waals surface area contributed by atoms with E-state index < -0.39 is 11.9 Å². The Morgan fingerprint density at radius 2 is 1.85 bits per heavy atom. The molecule has 2 unspecified atom stereocenters. The molecule has 4 nitrogen and oxygen atoms in total. The van der Waals surface area contributed by atoms with Crippen LogP contribution >= 0.6 is 0 Å². The van der Waals surface area contributed by atoms with Crippen molar-refractivity contribution in [2.75, 3.05) is 21.3 Å². The number of methoxy groups -OCH3 is 3. The summed E-state index contributed by atoms with van der Waals surface area (Å²) in [6.07, 6.45) is 1.61. The van der Waals surface area contributed by atoms with E-state index in [-0.39, 0.29) is 6.10 Å². The lowest BCUT2D eigenvalue weighted by Gasteiger charge is -2.42. The van der Waals surface area contributed by atoms with Crippen molar-refractivity contribution in [2.24, 2.45) is 0 Å². The Morgan fingerprint density at radius 3 is 2.31 bits per heavy atom. The van der Waals surface area contributed by atoms with Crippen LogP contribution in [0.25, 0.3) is 0 Å². The highest BCUT2D eigenvalue weighted by Gasteiger charge is 2.46. The summed E-state index contributed by atoms with van der Waals surface area (Å²) >= 11 is 0. The van der Waals surface area contributed by atoms with Crippen LogP contribution in [0.15, 0.2) is 0 Å². The maximum atomic E-state index is 9.90. The molecule has 1 saturated carbocycles. The van der Waals surface area contributed by atoms with Crippen LogP contribution in [0, 0.1) is 0 Å². The number of hydrogen-bond donors (Lipinski definition) is 1. The van der Waals surface area contributed by atoms with Crippen molar-refractivity contribution in [1.29, 1.82) is 0 Å². The number of hydrogen-bond acceptors (Lipinski definition) is 4. The van der Waals surface area contributed by atoms with Crippen molar-refractivity contribution in [3.05, 3.63) is 0 Å². The Bertz CT molecular complexity index is 156. The average Bonchev–Trinajstić information content (AvgIpc) is 2.19. The second kappa shape index (κ2) is 4.37. The third-order valence-corrected chi connectivity index (χ3v) is 2.81. The topological polar surface area (TPSA) is 47.9 Å². The summed E-state index contributed by atoms with van der Waals surface area (Å²) in [7, 11) is 4.69. The maximum Gasteiger partial charge on any atom is 0.196 e. The van der Waals surface area contributed by atoms with E-state index >= 15 is 0 Å². The average molecular weight is 190 g/mol. The molecule has 0 saturated heterocycles. The van der Waals surface area contributed by atoms with Gasteiger partial charge in [0.25, 0.3) is 0 Å². The van der Waals surface area contributed by atoms with E-state index in [9.17, 15) is 5.11 Å². The summed E-state index contributed by atoms with van der Waals surface area (Å²) in [4.78, 5) is 0. The van der Waals surface area contributed by atoms with E-state index in [1.165, 1.54) is 0 Å². The van der Waals surface area contributed by atoms with Crippen molar-refractivity contribution >= 4 is 0 Å². The summed E-state index contributed by atoms with van der Waals surface area (Å²) in [6.45, 7) is 0. The van der Waals surface area contributed by atoms with Crippen LogP contribution in [0.3, 0.4) is 0 Å². The second-order valence-corrected chi connectivity index (χ2v) is 3.33. The van der Waals surface area contributed by atoms with Crippen molar-refractivity contribution in [1.82, 2.24) is 0 Å². The number of aliphatic hydroxyl groups is 1. The Morgan fingerprint density at radius 1 is 1.23 bits per heavy atom. The molecule has 0 bridgehead atoms. The van der Waals surface area contributed by atoms with Crippen molar-refractivity contribution in [2.45, 2.75) is 37.3 Å². The van der Waals surface area contributed by atoms with Crippen molar-refractivity contribution in [3.63, 3.8) is 0 Å². The zero-order chi connectivity index (χ0) is 9.90. The molecule has 1 fully saturated rings. The fraction of sp³-hybridized carbons (Fsp3) is 1.00. The first kappa shape index (κ1) is 10.9. The number of ether oxygens (including phenoxy) is 3. The van der Waals surface area contributed by atoms with Gasteiger partial charge in [-0.25, -0.2) is 0 Å². The molecule has 0 aromatic carbocycles. The zero-order valence-electron chi connectivity index (χ0n) is 8.45. The minimum absolute atomic E-state index is 0.186. The van der Waals surface area contributed by atoms with Crippen LogP contribution in [0.4, 0.5) is 0 Å². The number of aliphatic hydroxyl groups excluding tert-OH is 1. The predicted molar refractivity (Wildman–Crippen MR) is 47.4 cm³/mol. The highest BCUT2D eigenvalue weighted by atomic mass is 16.7. The van der Waals surface area contributed by atoms with Crippen molar-refractivity contribution < 1.29 is 19.3 Å². The molecule has 0 aromatic rings. The van der Waals surface area contributed by atoms with Gasteiger partial charge in [-0.1, -0.05) is 0 Å². The third kappa shape index (κ3) is 1.86. The first-order valence-electron chi connectivity index (χ1n) is 4.51. The van der Waals surface area contributed by atoms with Crippen LogP contribution < -0.4 is 0 Å². The van der Waals surface area contributed by atoms with Gasteiger partial charge in [0, 0.05) is 27.8 Å². The largest absolute Gasteiger partial charge is 0.385 e. The van der Waals surface area contributed by atoms with Gasteiger partial charge in [0.15, 0.2) is 5.79 Å². The van der Waals surface area contributed by atoms with Gasteiger partial charge in [-0.2, -0.15) is 0 Å². The molecule has 1 aliphatic carbocycles. The number of rotatable bonds is 3. The maximum absolute atomic E-state index is 9.90. The molecule has 1 aliphatic rings. The lowest BCUT2D eigenvalue weighted by molar-refractivity contribution is -0.294. The van der Waals surface area contributed by atoms with Gasteiger partial charge in [0.1, 0.15) is 6.10 Å². The molecule has 2 atom stereocenters. The van der Waals surface area contributed by atoms with Gasteiger partial charge in [0.05, 0.1) is 6.10 Å². The normalized spacial score (nSPS) is 33.2. The van der Waals surface area contributed by atoms with Crippen LogP contribution in [-0.4, -0.2) is 44.4 Å². The standard InChI is InChI=1S/C9H18O4/c1-11-7-5-4-6-9(12-2,13-3)8(7)10/h7-8,10H,4-6H2,1-3H3. The first-order chi connectivity index (χ1) is 6.20. The highest BCUT2D eigenvalue weighted by molar-refractivity contribution is 4.90. The molecular formula is C9H18O4. The minimum Gasteiger partial charge on any atom is -0.385 e. The first-order valence-corrected chi connectivity index (χ1v) is 4.51. The Balaban J connectivity index is 2.72. The van der Waals surface area contributed by atoms with Gasteiger partial charge in [-0.3, -0.25) is 0 Å². The lowest BCUT2D eigenvalue weighted by Crippen LogP contribution is -2.55. The summed E-state index contributed by atoms with van der Waals surface area (Å²) < 4.78 is 15.6. The van der Waals surface area contributed by atoms with E-state index in [4.69, 9.17) is 14.2 Å². The molecule has 1 rings (SSSR count). The van der Waals surface area contributed by atoms with Gasteiger partial charge < -0.3 is 19.3 Å². The third-order valence-electron chi connectivity index (χ3n) is 2.81. The molecule has 0 amide bonds. The van der Waals surface area contributed by atoms with Gasteiger partial charge >= 0.3 is 0 Å². The van der Waals surface area contributed by atoms with Gasteiger partial charge in [-0.15, -0.1) is 0 Å². The molecule has 4 heteroatoms. The van der Waals surface area contributed by atoms with Crippen LogP contribution in [0.2, 0.25) is 0 Å². The molecule has 1 N–H and O–H groups in total. The Kier molecular flexibility index (Phi) is 3.67. The molecule has 0 spiro atoms. The fourth-order valence-corrected chi connectivity index (χ4v) is 1.91. The molecule has 78 valence electrons. The van der Waals surface area contributed by atoms with E-state index in [0.29, 0.717) is 6.42 Å². The SMILES string of the molecule is COC1CCCC(OC)(OC)C1O. The van der Waals surface area contributed by atoms with Crippen LogP contribution in [0.1, 0.15) is 19.3 Å². The lowest BCUT2D eigenvalue weighted by atomic mass is 9.88. The van der Waals surface area contributed by atoms with E-state index in [1.807, 2.05) is 0 Å². The predicted octanol–water partition coefficient (Wildman–Crippen LogP) is 0.535. The van der Waals surface area contributed by atoms with Crippen LogP contribution in [0.5, 0.6) is 0 Å². The molecule has 13 heavy (non-hydrogen) atoms. The quantitative estimate of drug-likeness (QED) is 0.660.